The van der Waals surface area contributed by atoms with Gasteiger partial charge >= 0.3 is 0 Å². The van der Waals surface area contributed by atoms with Crippen LogP contribution in [0.2, 0.25) is 0 Å². The van der Waals surface area contributed by atoms with Gasteiger partial charge in [-0.2, -0.15) is 0 Å². The van der Waals surface area contributed by atoms with Gasteiger partial charge in [-0.15, -0.1) is 0 Å². The van der Waals surface area contributed by atoms with Crippen LogP contribution in [0.5, 0.6) is 5.75 Å². The zero-order chi connectivity index (χ0) is 15.4. The highest BCUT2D eigenvalue weighted by molar-refractivity contribution is 5.79. The molecule has 3 heterocycles. The normalized spacial score (nSPS) is 18.7. The van der Waals surface area contributed by atoms with Crippen LogP contribution < -0.4 is 15.5 Å². The van der Waals surface area contributed by atoms with Gasteiger partial charge in [-0.05, 0) is 29.3 Å². The Labute approximate surface area is 133 Å². The van der Waals surface area contributed by atoms with E-state index < -0.39 is 0 Å². The highest BCUT2D eigenvalue weighted by atomic mass is 16.5. The molecule has 4 heteroatoms. The average Bonchev–Trinajstić information content (AvgIpc) is 3.21. The number of hydrogen-bond donors (Lipinski definition) is 2. The second-order valence-electron chi connectivity index (χ2n) is 6.17. The number of nitrogens with one attached hydrogen (secondary N) is 2. The number of H-pyrrole nitrogens is 1. The maximum Gasteiger partial charge on any atom is 0.194 e. The molecule has 0 bridgehead atoms. The van der Waals surface area contributed by atoms with Gasteiger partial charge in [-0.25, -0.2) is 0 Å². The molecule has 0 amide bonds. The molecule has 5 rings (SSSR count). The minimum absolute atomic E-state index is 0.0109. The van der Waals surface area contributed by atoms with Crippen molar-refractivity contribution in [3.8, 4) is 5.75 Å². The van der Waals surface area contributed by atoms with Crippen LogP contribution in [0, 0.1) is 0 Å². The highest BCUT2D eigenvalue weighted by Gasteiger charge is 2.28. The lowest BCUT2D eigenvalue weighted by Gasteiger charge is -2.14. The second-order valence-corrected chi connectivity index (χ2v) is 6.17. The largest absolute Gasteiger partial charge is 0.493 e. The molecule has 0 radical (unpaired) electrons. The summed E-state index contributed by atoms with van der Waals surface area (Å²) >= 11 is 0. The van der Waals surface area contributed by atoms with E-state index in [1.165, 1.54) is 5.56 Å². The van der Waals surface area contributed by atoms with Crippen LogP contribution in [0.3, 0.4) is 0 Å². The van der Waals surface area contributed by atoms with E-state index in [0.29, 0.717) is 6.54 Å². The molecule has 0 saturated carbocycles. The number of aromatic amines is 1. The Morgan fingerprint density at radius 1 is 1.13 bits per heavy atom. The molecule has 114 valence electrons. The van der Waals surface area contributed by atoms with Gasteiger partial charge in [0.25, 0.3) is 0 Å². The van der Waals surface area contributed by atoms with Crippen molar-refractivity contribution in [2.24, 2.45) is 0 Å². The van der Waals surface area contributed by atoms with Crippen molar-refractivity contribution in [3.05, 3.63) is 75.1 Å². The predicted octanol–water partition coefficient (Wildman–Crippen LogP) is 2.66. The third-order valence-electron chi connectivity index (χ3n) is 4.87. The standard InChI is InChI=1S/C19H16N2O2/c22-19-13-3-1-2-4-15(13)21-18-14(19)10-20-17(18)12-6-5-11-7-8-23-16(11)9-12/h1-6,9,17,20H,7-8,10H2,(H,21,22). The zero-order valence-corrected chi connectivity index (χ0v) is 12.6. The summed E-state index contributed by atoms with van der Waals surface area (Å²) in [7, 11) is 0. The lowest BCUT2D eigenvalue weighted by Crippen LogP contribution is -2.14. The van der Waals surface area contributed by atoms with Gasteiger partial charge in [0.15, 0.2) is 5.43 Å². The van der Waals surface area contributed by atoms with Gasteiger partial charge < -0.3 is 15.0 Å². The van der Waals surface area contributed by atoms with Gasteiger partial charge in [-0.3, -0.25) is 4.79 Å². The van der Waals surface area contributed by atoms with Gasteiger partial charge in [0.2, 0.25) is 0 Å². The molecule has 0 fully saturated rings. The summed E-state index contributed by atoms with van der Waals surface area (Å²) in [4.78, 5) is 16.2. The first-order valence-electron chi connectivity index (χ1n) is 7.94. The summed E-state index contributed by atoms with van der Waals surface area (Å²) in [6.07, 6.45) is 0.978. The Balaban J connectivity index is 1.68. The summed E-state index contributed by atoms with van der Waals surface area (Å²) in [6.45, 7) is 1.35. The number of pyridine rings is 1. The Morgan fingerprint density at radius 2 is 2.04 bits per heavy atom. The number of ether oxygens (including phenoxy) is 1. The van der Waals surface area contributed by atoms with Crippen molar-refractivity contribution in [1.29, 1.82) is 0 Å². The molecule has 1 unspecified atom stereocenters. The van der Waals surface area contributed by atoms with Crippen molar-refractivity contribution >= 4 is 10.9 Å². The quantitative estimate of drug-likeness (QED) is 0.727. The van der Waals surface area contributed by atoms with Crippen molar-refractivity contribution in [1.82, 2.24) is 10.3 Å². The summed E-state index contributed by atoms with van der Waals surface area (Å²) < 4.78 is 5.68. The molecule has 2 aromatic carbocycles. The predicted molar refractivity (Wildman–Crippen MR) is 88.9 cm³/mol. The lowest BCUT2D eigenvalue weighted by atomic mass is 10.00. The van der Waals surface area contributed by atoms with Crippen LogP contribution in [-0.2, 0) is 13.0 Å². The van der Waals surface area contributed by atoms with E-state index in [-0.39, 0.29) is 11.5 Å². The van der Waals surface area contributed by atoms with E-state index in [9.17, 15) is 4.79 Å². The van der Waals surface area contributed by atoms with Crippen molar-refractivity contribution in [2.45, 2.75) is 19.0 Å². The maximum atomic E-state index is 12.7. The number of fused-ring (bicyclic) bond motifs is 3. The highest BCUT2D eigenvalue weighted by Crippen LogP contribution is 2.34. The van der Waals surface area contributed by atoms with Crippen LogP contribution in [0.4, 0.5) is 0 Å². The first kappa shape index (κ1) is 12.9. The first-order chi connectivity index (χ1) is 11.3. The molecular weight excluding hydrogens is 288 g/mol. The van der Waals surface area contributed by atoms with E-state index in [4.69, 9.17) is 4.74 Å². The van der Waals surface area contributed by atoms with E-state index >= 15 is 0 Å². The Bertz CT molecular complexity index is 990. The number of hydrogen-bond acceptors (Lipinski definition) is 3. The fraction of sp³-hybridized carbons (Fsp3) is 0.211. The van der Waals surface area contributed by atoms with Crippen LogP contribution in [0.15, 0.2) is 47.3 Å². The summed E-state index contributed by atoms with van der Waals surface area (Å²) in [5.74, 6) is 0.973. The molecule has 1 atom stereocenters. The molecule has 2 N–H and O–H groups in total. The minimum Gasteiger partial charge on any atom is -0.493 e. The van der Waals surface area contributed by atoms with Gasteiger partial charge in [0.1, 0.15) is 5.75 Å². The topological polar surface area (TPSA) is 54.1 Å². The first-order valence-corrected chi connectivity index (χ1v) is 7.94. The van der Waals surface area contributed by atoms with Crippen molar-refractivity contribution in [3.63, 3.8) is 0 Å². The molecule has 2 aliphatic heterocycles. The third kappa shape index (κ3) is 1.85. The smallest absolute Gasteiger partial charge is 0.194 e. The fourth-order valence-electron chi connectivity index (χ4n) is 3.67. The minimum atomic E-state index is 0.0109. The Hall–Kier alpha value is -2.59. The van der Waals surface area contributed by atoms with Crippen LogP contribution in [0.1, 0.15) is 28.4 Å². The third-order valence-corrected chi connectivity index (χ3v) is 4.87. The molecule has 0 spiro atoms. The number of para-hydroxylation sites is 1. The van der Waals surface area contributed by atoms with E-state index in [1.807, 2.05) is 24.3 Å². The Kier molecular flexibility index (Phi) is 2.64. The average molecular weight is 304 g/mol. The molecule has 0 saturated heterocycles. The number of rotatable bonds is 1. The van der Waals surface area contributed by atoms with Crippen molar-refractivity contribution < 1.29 is 4.74 Å². The summed E-state index contributed by atoms with van der Waals surface area (Å²) in [6, 6.07) is 14.1. The monoisotopic (exact) mass is 304 g/mol. The van der Waals surface area contributed by atoms with Crippen LogP contribution in [-0.4, -0.2) is 11.6 Å². The lowest BCUT2D eigenvalue weighted by molar-refractivity contribution is 0.356. The molecular formula is C19H16N2O2. The second kappa shape index (κ2) is 4.70. The number of aromatic nitrogens is 1. The Morgan fingerprint density at radius 3 is 3.00 bits per heavy atom. The molecule has 1 aromatic heterocycles. The van der Waals surface area contributed by atoms with E-state index in [0.717, 1.165) is 46.5 Å². The fourth-order valence-corrected chi connectivity index (χ4v) is 3.67. The van der Waals surface area contributed by atoms with Crippen LogP contribution >= 0.6 is 0 Å². The summed E-state index contributed by atoms with van der Waals surface area (Å²) in [5, 5.41) is 4.21. The maximum absolute atomic E-state index is 12.7. The number of benzene rings is 2. The van der Waals surface area contributed by atoms with Gasteiger partial charge in [0.05, 0.1) is 12.6 Å². The summed E-state index contributed by atoms with van der Waals surface area (Å²) in [5.41, 5.74) is 5.24. The molecule has 2 aliphatic rings. The SMILES string of the molecule is O=c1c2c([nH]c3ccccc13)C(c1ccc3c(c1)OCC3)NC2. The molecule has 23 heavy (non-hydrogen) atoms. The van der Waals surface area contributed by atoms with E-state index in [2.05, 4.69) is 28.5 Å². The molecule has 0 aliphatic carbocycles. The van der Waals surface area contributed by atoms with E-state index in [1.54, 1.807) is 0 Å². The van der Waals surface area contributed by atoms with Crippen LogP contribution in [0.25, 0.3) is 10.9 Å². The van der Waals surface area contributed by atoms with Gasteiger partial charge in [-0.1, -0.05) is 24.3 Å². The molecule has 3 aromatic rings. The van der Waals surface area contributed by atoms with Crippen molar-refractivity contribution in [2.75, 3.05) is 6.61 Å². The van der Waals surface area contributed by atoms with Gasteiger partial charge in [0, 0.05) is 35.1 Å². The zero-order valence-electron chi connectivity index (χ0n) is 12.6. The molecule has 4 nitrogen and oxygen atoms in total.